The average molecular weight is 588 g/mol. The van der Waals surface area contributed by atoms with Gasteiger partial charge in [-0.15, -0.1) is 46.5 Å². The van der Waals surface area contributed by atoms with E-state index in [9.17, 15) is 0 Å². The van der Waals surface area contributed by atoms with Crippen LogP contribution in [-0.4, -0.2) is 0 Å². The quantitative estimate of drug-likeness (QED) is 0.124. The minimum atomic E-state index is 0. The first-order valence-electron chi connectivity index (χ1n) is 14.4. The molecule has 0 atom stereocenters. The van der Waals surface area contributed by atoms with Crippen LogP contribution in [0.1, 0.15) is 86.5 Å². The molecule has 196 valence electrons. The van der Waals surface area contributed by atoms with E-state index in [1.54, 1.807) is 0 Å². The van der Waals surface area contributed by atoms with Crippen LogP contribution in [0.3, 0.4) is 0 Å². The molecule has 0 aliphatic heterocycles. The van der Waals surface area contributed by atoms with Crippen LogP contribution in [-0.2, 0) is 26.2 Å². The molecule has 0 saturated heterocycles. The molecule has 39 heavy (non-hydrogen) atoms. The van der Waals surface area contributed by atoms with E-state index in [0.717, 1.165) is 33.4 Å². The third-order valence-electron chi connectivity index (χ3n) is 6.96. The van der Waals surface area contributed by atoms with Gasteiger partial charge in [0.15, 0.2) is 0 Å². The molecule has 0 unspecified atom stereocenters. The molecule has 0 bridgehead atoms. The summed E-state index contributed by atoms with van der Waals surface area (Å²) in [5.41, 5.74) is 6.39. The Morgan fingerprint density at radius 1 is 0.333 bits per heavy atom. The molecule has 0 spiro atoms. The molecule has 1 heteroatoms. The zero-order valence-corrected chi connectivity index (χ0v) is 25.6. The van der Waals surface area contributed by atoms with Crippen molar-refractivity contribution in [2.24, 2.45) is 0 Å². The molecule has 2 saturated carbocycles. The van der Waals surface area contributed by atoms with Crippen LogP contribution in [0.2, 0.25) is 0 Å². The normalized spacial score (nSPS) is 14.8. The monoisotopic (exact) mass is 586 g/mol. The molecule has 2 aliphatic rings. The number of hydrogen-bond acceptors (Lipinski definition) is 0. The Balaban J connectivity index is 0.000000319. The molecule has 0 aromatic heterocycles. The first-order chi connectivity index (χ1) is 18.9. The van der Waals surface area contributed by atoms with Gasteiger partial charge in [-0.3, -0.25) is 0 Å². The number of benzene rings is 4. The molecule has 6 rings (SSSR count). The third-order valence-corrected chi connectivity index (χ3v) is 6.96. The fourth-order valence-electron chi connectivity index (χ4n) is 4.87. The van der Waals surface area contributed by atoms with E-state index in [4.69, 9.17) is 0 Å². The van der Waals surface area contributed by atoms with Crippen LogP contribution in [0, 0.1) is 12.2 Å². The van der Waals surface area contributed by atoms with Gasteiger partial charge < -0.3 is 0 Å². The second kappa shape index (κ2) is 18.5. The van der Waals surface area contributed by atoms with Gasteiger partial charge >= 0.3 is 26.2 Å². The summed E-state index contributed by atoms with van der Waals surface area (Å²) in [6, 6.07) is 41.3. The Kier molecular flexibility index (Phi) is 14.6. The SMILES string of the molecule is C1CCCC1.C1CCCC1.[C-](=C(C(=[C-]c1ccccc1)c1ccccc1)c1ccccc1)c1ccccc1.[Zr+2]. The van der Waals surface area contributed by atoms with Crippen molar-refractivity contribution in [3.8, 4) is 0 Å². The van der Waals surface area contributed by atoms with Gasteiger partial charge in [-0.1, -0.05) is 161 Å². The van der Waals surface area contributed by atoms with Crippen LogP contribution < -0.4 is 0 Å². The van der Waals surface area contributed by atoms with E-state index >= 15 is 0 Å². The molecule has 4 aromatic rings. The first kappa shape index (κ1) is 30.8. The zero-order chi connectivity index (χ0) is 26.1. The fourth-order valence-corrected chi connectivity index (χ4v) is 4.87. The summed E-state index contributed by atoms with van der Waals surface area (Å²) in [7, 11) is 0. The summed E-state index contributed by atoms with van der Waals surface area (Å²) in [6.07, 6.45) is 22.3. The smallest absolute Gasteiger partial charge is 0.174 e. The van der Waals surface area contributed by atoms with Gasteiger partial charge in [0, 0.05) is 0 Å². The zero-order valence-electron chi connectivity index (χ0n) is 23.1. The minimum absolute atomic E-state index is 0. The maximum Gasteiger partial charge on any atom is 2.00 e. The van der Waals surface area contributed by atoms with Crippen molar-refractivity contribution < 1.29 is 26.2 Å². The van der Waals surface area contributed by atoms with Gasteiger partial charge in [-0.2, -0.15) is 23.3 Å². The second-order valence-corrected chi connectivity index (χ2v) is 10.00. The van der Waals surface area contributed by atoms with Crippen LogP contribution in [0.5, 0.6) is 0 Å². The van der Waals surface area contributed by atoms with Crippen molar-refractivity contribution in [1.82, 2.24) is 0 Å². The molecule has 0 radical (unpaired) electrons. The van der Waals surface area contributed by atoms with Crippen molar-refractivity contribution in [3.05, 3.63) is 156 Å². The first-order valence-corrected chi connectivity index (χ1v) is 14.4. The largest absolute Gasteiger partial charge is 2.00 e. The Labute approximate surface area is 256 Å². The van der Waals surface area contributed by atoms with E-state index in [1.807, 2.05) is 48.5 Å². The molecule has 0 N–H and O–H groups in total. The van der Waals surface area contributed by atoms with Crippen LogP contribution in [0.25, 0.3) is 11.1 Å². The molecular weight excluding hydrogens is 548 g/mol. The summed E-state index contributed by atoms with van der Waals surface area (Å²) >= 11 is 0. The van der Waals surface area contributed by atoms with Crippen molar-refractivity contribution in [1.29, 1.82) is 0 Å². The summed E-state index contributed by atoms with van der Waals surface area (Å²) in [6.45, 7) is 0. The minimum Gasteiger partial charge on any atom is -0.174 e. The Bertz CT molecular complexity index is 1100. The van der Waals surface area contributed by atoms with Gasteiger partial charge in [0.2, 0.25) is 0 Å². The number of rotatable bonds is 5. The van der Waals surface area contributed by atoms with Gasteiger partial charge in [-0.05, 0) is 0 Å². The van der Waals surface area contributed by atoms with Crippen molar-refractivity contribution in [2.75, 3.05) is 0 Å². The van der Waals surface area contributed by atoms with Crippen molar-refractivity contribution in [3.63, 3.8) is 0 Å². The summed E-state index contributed by atoms with van der Waals surface area (Å²) < 4.78 is 0. The van der Waals surface area contributed by atoms with Crippen LogP contribution >= 0.6 is 0 Å². The van der Waals surface area contributed by atoms with Gasteiger partial charge in [0.25, 0.3) is 0 Å². The predicted molar refractivity (Wildman–Crippen MR) is 163 cm³/mol. The van der Waals surface area contributed by atoms with E-state index < -0.39 is 0 Å². The van der Waals surface area contributed by atoms with Crippen LogP contribution in [0.4, 0.5) is 0 Å². The van der Waals surface area contributed by atoms with Crippen LogP contribution in [0.15, 0.2) is 121 Å². The summed E-state index contributed by atoms with van der Waals surface area (Å²) in [4.78, 5) is 0. The van der Waals surface area contributed by atoms with E-state index in [0.29, 0.717) is 0 Å². The molecule has 0 amide bonds. The summed E-state index contributed by atoms with van der Waals surface area (Å²) in [5.74, 6) is 0. The predicted octanol–water partition coefficient (Wildman–Crippen LogP) is 10.8. The number of allylic oxidation sites excluding steroid dienone is 2. The van der Waals surface area contributed by atoms with E-state index in [2.05, 4.69) is 84.9 Å². The van der Waals surface area contributed by atoms with Gasteiger partial charge in [0.1, 0.15) is 0 Å². The standard InChI is InChI=1S/C28H20.2C5H10.Zr/c1-5-13-23(14-6-1)21-27(25-17-9-3-10-18-25)28(26-19-11-4-12-20-26)22-24-15-7-2-8-16-24;2*1-2-4-5-3-1;/h1-20H;2*1-5H2;/q-2;;;+2. The molecule has 4 aromatic carbocycles. The third kappa shape index (κ3) is 11.1. The molecule has 2 aliphatic carbocycles. The fraction of sp³-hybridized carbons (Fsp3) is 0.263. The van der Waals surface area contributed by atoms with E-state index in [-0.39, 0.29) is 26.2 Å². The summed E-state index contributed by atoms with van der Waals surface area (Å²) in [5, 5.41) is 0. The molecule has 0 heterocycles. The molecule has 0 nitrogen and oxygen atoms in total. The molecule has 2 fully saturated rings. The van der Waals surface area contributed by atoms with Crippen molar-refractivity contribution in [2.45, 2.75) is 64.2 Å². The Morgan fingerprint density at radius 2 is 0.564 bits per heavy atom. The average Bonchev–Trinajstić information content (AvgIpc) is 3.77. The van der Waals surface area contributed by atoms with E-state index in [1.165, 1.54) is 64.2 Å². The Hall–Kier alpha value is -2.76. The Morgan fingerprint density at radius 3 is 0.821 bits per heavy atom. The second-order valence-electron chi connectivity index (χ2n) is 10.00. The van der Waals surface area contributed by atoms with Gasteiger partial charge in [0.05, 0.1) is 0 Å². The van der Waals surface area contributed by atoms with Gasteiger partial charge in [-0.25, -0.2) is 0 Å². The van der Waals surface area contributed by atoms with Crippen molar-refractivity contribution >= 4 is 11.1 Å². The topological polar surface area (TPSA) is 0 Å². The number of hydrogen-bond donors (Lipinski definition) is 0. The maximum atomic E-state index is 3.63. The molecular formula is C38H40Zr. The maximum absolute atomic E-state index is 3.63.